The van der Waals surface area contributed by atoms with Crippen molar-refractivity contribution in [2.24, 2.45) is 4.99 Å². The van der Waals surface area contributed by atoms with Gasteiger partial charge >= 0.3 is 0 Å². The van der Waals surface area contributed by atoms with Crippen LogP contribution >= 0.6 is 23.2 Å². The molecule has 0 saturated heterocycles. The molecule has 0 atom stereocenters. The monoisotopic (exact) mass is 332 g/mol. The van der Waals surface area contributed by atoms with Crippen molar-refractivity contribution in [1.29, 1.82) is 0 Å². The molecule has 0 spiro atoms. The molecule has 4 nitrogen and oxygen atoms in total. The largest absolute Gasteiger partial charge is 0.280 e. The Morgan fingerprint density at radius 3 is 2.55 bits per heavy atom. The van der Waals surface area contributed by atoms with Crippen LogP contribution in [-0.2, 0) is 0 Å². The van der Waals surface area contributed by atoms with Gasteiger partial charge in [-0.1, -0.05) is 41.1 Å². The lowest BCUT2D eigenvalue weighted by atomic mass is 10.2. The minimum absolute atomic E-state index is 0.0425. The number of nitro groups is 1. The zero-order valence-corrected chi connectivity index (χ0v) is 12.8. The van der Waals surface area contributed by atoms with E-state index >= 15 is 0 Å². The SMILES string of the molecule is O=[N+]([O-])c1ccc(C#CC/N=C/c2ccc(Cl)cc2Cl)cc1. The van der Waals surface area contributed by atoms with Crippen LogP contribution in [0.2, 0.25) is 10.0 Å². The predicted octanol–water partition coefficient (Wildman–Crippen LogP) is 4.37. The normalized spacial score (nSPS) is 10.3. The molecule has 0 fully saturated rings. The van der Waals surface area contributed by atoms with Crippen molar-refractivity contribution in [1.82, 2.24) is 0 Å². The molecule has 2 aromatic carbocycles. The number of hydrogen-bond donors (Lipinski definition) is 0. The van der Waals surface area contributed by atoms with Gasteiger partial charge in [0.05, 0.1) is 9.95 Å². The number of non-ortho nitro benzene ring substituents is 1. The highest BCUT2D eigenvalue weighted by molar-refractivity contribution is 6.36. The molecule has 0 aliphatic carbocycles. The van der Waals surface area contributed by atoms with Crippen molar-refractivity contribution < 1.29 is 4.92 Å². The second kappa shape index (κ2) is 7.60. The van der Waals surface area contributed by atoms with E-state index < -0.39 is 4.92 Å². The fourth-order valence-corrected chi connectivity index (χ4v) is 2.06. The first kappa shape index (κ1) is 16.0. The number of benzene rings is 2. The smallest absolute Gasteiger partial charge is 0.269 e. The van der Waals surface area contributed by atoms with Crippen molar-refractivity contribution in [3.8, 4) is 11.8 Å². The Kier molecular flexibility index (Phi) is 5.54. The minimum atomic E-state index is -0.447. The summed E-state index contributed by atoms with van der Waals surface area (Å²) in [5, 5.41) is 11.6. The van der Waals surface area contributed by atoms with Crippen molar-refractivity contribution in [3.05, 3.63) is 73.8 Å². The number of nitro benzene ring substituents is 1. The van der Waals surface area contributed by atoms with Crippen LogP contribution in [0.3, 0.4) is 0 Å². The van der Waals surface area contributed by atoms with Crippen LogP contribution in [0.1, 0.15) is 11.1 Å². The fraction of sp³-hybridized carbons (Fsp3) is 0.0625. The Balaban J connectivity index is 1.96. The molecule has 110 valence electrons. The second-order valence-corrected chi connectivity index (χ2v) is 5.09. The highest BCUT2D eigenvalue weighted by Gasteiger charge is 2.02. The summed E-state index contributed by atoms with van der Waals surface area (Å²) in [5.41, 5.74) is 1.51. The number of aliphatic imine (C=N–C) groups is 1. The second-order valence-electron chi connectivity index (χ2n) is 4.24. The van der Waals surface area contributed by atoms with Crippen molar-refractivity contribution in [2.75, 3.05) is 6.54 Å². The van der Waals surface area contributed by atoms with E-state index in [4.69, 9.17) is 23.2 Å². The van der Waals surface area contributed by atoms with Gasteiger partial charge in [0.2, 0.25) is 0 Å². The molecule has 0 aromatic heterocycles. The molecule has 0 unspecified atom stereocenters. The average molecular weight is 333 g/mol. The Morgan fingerprint density at radius 2 is 1.91 bits per heavy atom. The molecule has 0 heterocycles. The van der Waals surface area contributed by atoms with Crippen LogP contribution in [0.25, 0.3) is 0 Å². The van der Waals surface area contributed by atoms with E-state index in [0.717, 1.165) is 5.56 Å². The summed E-state index contributed by atoms with van der Waals surface area (Å²) < 4.78 is 0. The number of nitrogens with zero attached hydrogens (tertiary/aromatic N) is 2. The van der Waals surface area contributed by atoms with Crippen molar-refractivity contribution in [3.63, 3.8) is 0 Å². The molecule has 0 bridgehead atoms. The Morgan fingerprint density at radius 1 is 1.18 bits per heavy atom. The van der Waals surface area contributed by atoms with Gasteiger partial charge in [-0.05, 0) is 24.3 Å². The van der Waals surface area contributed by atoms with Crippen LogP contribution in [-0.4, -0.2) is 17.7 Å². The van der Waals surface area contributed by atoms with Crippen molar-refractivity contribution >= 4 is 35.1 Å². The Labute approximate surface area is 137 Å². The summed E-state index contributed by atoms with van der Waals surface area (Å²) in [7, 11) is 0. The van der Waals surface area contributed by atoms with Crippen LogP contribution in [0, 0.1) is 22.0 Å². The summed E-state index contributed by atoms with van der Waals surface area (Å²) in [6, 6.07) is 11.2. The van der Waals surface area contributed by atoms with E-state index in [1.807, 2.05) is 0 Å². The van der Waals surface area contributed by atoms with E-state index in [-0.39, 0.29) is 5.69 Å². The van der Waals surface area contributed by atoms with E-state index in [1.165, 1.54) is 12.1 Å². The zero-order chi connectivity index (χ0) is 15.9. The van der Waals surface area contributed by atoms with Gasteiger partial charge < -0.3 is 0 Å². The zero-order valence-electron chi connectivity index (χ0n) is 11.3. The maximum atomic E-state index is 10.5. The standard InChI is InChI=1S/C16H10Cl2N2O2/c17-14-6-5-13(16(18)10-14)11-19-9-1-2-12-3-7-15(8-4-12)20(21)22/h3-8,10-11H,9H2/b19-11+. The van der Waals surface area contributed by atoms with Gasteiger partial charge in [-0.15, -0.1) is 0 Å². The third-order valence-corrected chi connectivity index (χ3v) is 3.24. The Hall–Kier alpha value is -2.35. The molecule has 0 radical (unpaired) electrons. The first-order chi connectivity index (χ1) is 10.6. The van der Waals surface area contributed by atoms with E-state index in [2.05, 4.69) is 16.8 Å². The predicted molar refractivity (Wildman–Crippen MR) is 88.9 cm³/mol. The number of halogens is 2. The van der Waals surface area contributed by atoms with Gasteiger partial charge in [0.1, 0.15) is 6.54 Å². The summed E-state index contributed by atoms with van der Waals surface area (Å²) in [4.78, 5) is 14.2. The lowest BCUT2D eigenvalue weighted by Gasteiger charge is -1.97. The molecule has 2 aromatic rings. The lowest BCUT2D eigenvalue weighted by molar-refractivity contribution is -0.384. The molecule has 0 saturated carbocycles. The highest BCUT2D eigenvalue weighted by atomic mass is 35.5. The minimum Gasteiger partial charge on any atom is -0.280 e. The van der Waals surface area contributed by atoms with Gasteiger partial charge in [-0.25, -0.2) is 0 Å². The maximum Gasteiger partial charge on any atom is 0.269 e. The quantitative estimate of drug-likeness (QED) is 0.362. The molecule has 0 aliphatic rings. The van der Waals surface area contributed by atoms with E-state index in [1.54, 1.807) is 36.5 Å². The summed E-state index contributed by atoms with van der Waals surface area (Å²) in [6.45, 7) is 0.302. The maximum absolute atomic E-state index is 10.5. The van der Waals surface area contributed by atoms with Crippen LogP contribution < -0.4 is 0 Å². The average Bonchev–Trinajstić information content (AvgIpc) is 2.49. The van der Waals surface area contributed by atoms with Gasteiger partial charge in [0, 0.05) is 34.5 Å². The molecular weight excluding hydrogens is 323 g/mol. The first-order valence-corrected chi connectivity index (χ1v) is 7.00. The molecule has 0 amide bonds. The third kappa shape index (κ3) is 4.59. The molecule has 22 heavy (non-hydrogen) atoms. The molecular formula is C16H10Cl2N2O2. The molecule has 2 rings (SSSR count). The number of rotatable bonds is 3. The summed E-state index contributed by atoms with van der Waals surface area (Å²) in [6.07, 6.45) is 1.63. The van der Waals surface area contributed by atoms with Crippen LogP contribution in [0.4, 0.5) is 5.69 Å². The third-order valence-electron chi connectivity index (χ3n) is 2.67. The van der Waals surface area contributed by atoms with Crippen molar-refractivity contribution in [2.45, 2.75) is 0 Å². The topological polar surface area (TPSA) is 55.5 Å². The van der Waals surface area contributed by atoms with Crippen LogP contribution in [0.15, 0.2) is 47.5 Å². The van der Waals surface area contributed by atoms with E-state index in [9.17, 15) is 10.1 Å². The number of hydrogen-bond acceptors (Lipinski definition) is 3. The first-order valence-electron chi connectivity index (χ1n) is 6.24. The molecule has 0 aliphatic heterocycles. The summed E-state index contributed by atoms with van der Waals surface area (Å²) in [5.74, 6) is 5.74. The van der Waals surface area contributed by atoms with Gasteiger partial charge in [-0.3, -0.25) is 15.1 Å². The molecule has 0 N–H and O–H groups in total. The molecule has 6 heteroatoms. The van der Waals surface area contributed by atoms with Gasteiger partial charge in [0.15, 0.2) is 0 Å². The Bertz CT molecular complexity index is 775. The van der Waals surface area contributed by atoms with Gasteiger partial charge in [-0.2, -0.15) is 0 Å². The van der Waals surface area contributed by atoms with Crippen LogP contribution in [0.5, 0.6) is 0 Å². The highest BCUT2D eigenvalue weighted by Crippen LogP contribution is 2.19. The van der Waals surface area contributed by atoms with Gasteiger partial charge in [0.25, 0.3) is 5.69 Å². The van der Waals surface area contributed by atoms with E-state index in [0.29, 0.717) is 22.2 Å². The summed E-state index contributed by atoms with van der Waals surface area (Å²) >= 11 is 11.8. The fourth-order valence-electron chi connectivity index (χ4n) is 1.60. The lowest BCUT2D eigenvalue weighted by Crippen LogP contribution is -1.87.